The third-order valence-electron chi connectivity index (χ3n) is 0.383. The Kier molecular flexibility index (Phi) is 5.54. The average molecular weight is 170 g/mol. The van der Waals surface area contributed by atoms with E-state index in [9.17, 15) is 4.79 Å². The molecule has 0 spiro atoms. The molecule has 0 radical (unpaired) electrons. The fourth-order valence-corrected chi connectivity index (χ4v) is 0. The van der Waals surface area contributed by atoms with Crippen LogP contribution in [0.1, 0.15) is 0 Å². The molecule has 0 aromatic heterocycles. The normalized spacial score (nSPS) is 6.57. The molecule has 0 aliphatic carbocycles. The van der Waals surface area contributed by atoms with Crippen LogP contribution in [-0.2, 0) is 0 Å². The van der Waals surface area contributed by atoms with E-state index in [0.717, 1.165) is 4.90 Å². The number of amides is 1. The van der Waals surface area contributed by atoms with E-state index in [1.165, 1.54) is 14.1 Å². The van der Waals surface area contributed by atoms with Gasteiger partial charge in [-0.3, -0.25) is 0 Å². The first-order valence-electron chi connectivity index (χ1n) is 1.55. The van der Waals surface area contributed by atoms with Gasteiger partial charge in [0.05, 0.1) is 0 Å². The second kappa shape index (κ2) is 3.92. The lowest BCUT2D eigenvalue weighted by molar-refractivity contribution is 0.165. The molecule has 3 nitrogen and oxygen atoms in total. The van der Waals surface area contributed by atoms with E-state index in [-0.39, 0.29) is 17.0 Å². The van der Waals surface area contributed by atoms with Crippen LogP contribution in [0.3, 0.4) is 0 Å². The molecule has 0 unspecified atom stereocenters. The quantitative estimate of drug-likeness (QED) is 0.584. The van der Waals surface area contributed by atoms with Crippen molar-refractivity contribution in [3.05, 3.63) is 0 Å². The lowest BCUT2D eigenvalue weighted by Crippen LogP contribution is -2.18. The predicted molar refractivity (Wildman–Crippen MR) is 32.0 cm³/mol. The van der Waals surface area contributed by atoms with Gasteiger partial charge in [0.25, 0.3) is 0 Å². The lowest BCUT2D eigenvalue weighted by Gasteiger charge is -1.99. The zero-order valence-corrected chi connectivity index (χ0v) is 5.92. The highest BCUT2D eigenvalue weighted by atomic mass is 79.9. The first-order chi connectivity index (χ1) is 2.64. The van der Waals surface area contributed by atoms with Gasteiger partial charge in [0.1, 0.15) is 0 Å². The van der Waals surface area contributed by atoms with Crippen molar-refractivity contribution >= 4 is 23.1 Å². The van der Waals surface area contributed by atoms with Gasteiger partial charge in [0.2, 0.25) is 0 Å². The Morgan fingerprint density at radius 3 is 1.71 bits per heavy atom. The van der Waals surface area contributed by atoms with Gasteiger partial charge < -0.3 is 10.0 Å². The van der Waals surface area contributed by atoms with Gasteiger partial charge in [-0.15, -0.1) is 17.0 Å². The van der Waals surface area contributed by atoms with Crippen LogP contribution in [0, 0.1) is 0 Å². The van der Waals surface area contributed by atoms with Crippen LogP contribution in [0.15, 0.2) is 0 Å². The minimum absolute atomic E-state index is 0. The highest BCUT2D eigenvalue weighted by molar-refractivity contribution is 8.93. The lowest BCUT2D eigenvalue weighted by atomic mass is 10.9. The smallest absolute Gasteiger partial charge is 0.406 e. The fraction of sp³-hybridized carbons (Fsp3) is 0.667. The van der Waals surface area contributed by atoms with E-state index in [1.807, 2.05) is 0 Å². The van der Waals surface area contributed by atoms with Crippen molar-refractivity contribution in [1.29, 1.82) is 0 Å². The molecule has 0 heterocycles. The highest BCUT2D eigenvalue weighted by Crippen LogP contribution is 1.69. The topological polar surface area (TPSA) is 40.5 Å². The highest BCUT2D eigenvalue weighted by Gasteiger charge is 1.91. The number of nitrogens with zero attached hydrogens (tertiary/aromatic N) is 1. The molecule has 0 fully saturated rings. The predicted octanol–water partition coefficient (Wildman–Crippen LogP) is 0.804. The molecule has 0 aliphatic rings. The molecule has 0 bridgehead atoms. The summed E-state index contributed by atoms with van der Waals surface area (Å²) in [5.74, 6) is 0. The monoisotopic (exact) mass is 169 g/mol. The standard InChI is InChI=1S/C3H7NO2.BrH/c1-4(2)3(5)6;/h1-2H3,(H,5,6);1H. The van der Waals surface area contributed by atoms with E-state index < -0.39 is 6.09 Å². The molecule has 1 N–H and O–H groups in total. The van der Waals surface area contributed by atoms with Gasteiger partial charge in [-0.05, 0) is 0 Å². The molecular weight excluding hydrogens is 162 g/mol. The Morgan fingerprint density at radius 1 is 1.57 bits per heavy atom. The summed E-state index contributed by atoms with van der Waals surface area (Å²) in [5, 5.41) is 7.92. The van der Waals surface area contributed by atoms with Crippen molar-refractivity contribution in [2.45, 2.75) is 0 Å². The van der Waals surface area contributed by atoms with E-state index in [2.05, 4.69) is 0 Å². The largest absolute Gasteiger partial charge is 0.465 e. The van der Waals surface area contributed by atoms with Crippen LogP contribution in [0.4, 0.5) is 4.79 Å². The summed E-state index contributed by atoms with van der Waals surface area (Å²) >= 11 is 0. The zero-order chi connectivity index (χ0) is 5.15. The number of carbonyl (C=O) groups is 1. The Bertz CT molecular complexity index is 64.0. The van der Waals surface area contributed by atoms with E-state index in [4.69, 9.17) is 5.11 Å². The minimum atomic E-state index is -0.907. The van der Waals surface area contributed by atoms with Crippen LogP contribution in [0.2, 0.25) is 0 Å². The Morgan fingerprint density at radius 2 is 1.71 bits per heavy atom. The first kappa shape index (κ1) is 9.89. The van der Waals surface area contributed by atoms with Crippen LogP contribution in [-0.4, -0.2) is 30.2 Å². The fourth-order valence-electron chi connectivity index (χ4n) is 0. The van der Waals surface area contributed by atoms with E-state index in [1.54, 1.807) is 0 Å². The molecule has 7 heavy (non-hydrogen) atoms. The summed E-state index contributed by atoms with van der Waals surface area (Å²) in [6.07, 6.45) is -0.907. The van der Waals surface area contributed by atoms with Crippen LogP contribution in [0.25, 0.3) is 0 Å². The van der Waals surface area contributed by atoms with Crippen LogP contribution in [0.5, 0.6) is 0 Å². The van der Waals surface area contributed by atoms with Crippen molar-refractivity contribution in [3.63, 3.8) is 0 Å². The summed E-state index contributed by atoms with van der Waals surface area (Å²) in [6, 6.07) is 0. The van der Waals surface area contributed by atoms with E-state index >= 15 is 0 Å². The molecule has 1 amide bonds. The van der Waals surface area contributed by atoms with Gasteiger partial charge in [-0.25, -0.2) is 4.79 Å². The Balaban J connectivity index is 0. The SMILES string of the molecule is Br.CN(C)C(=O)O. The zero-order valence-electron chi connectivity index (χ0n) is 4.21. The minimum Gasteiger partial charge on any atom is -0.465 e. The molecule has 0 rings (SSSR count). The first-order valence-corrected chi connectivity index (χ1v) is 1.55. The maximum Gasteiger partial charge on any atom is 0.406 e. The molecule has 0 saturated carbocycles. The second-order valence-electron chi connectivity index (χ2n) is 1.18. The summed E-state index contributed by atoms with van der Waals surface area (Å²) in [4.78, 5) is 10.7. The molecule has 0 saturated heterocycles. The number of rotatable bonds is 0. The molecule has 0 aromatic carbocycles. The molecule has 4 heteroatoms. The molecule has 0 aliphatic heterocycles. The van der Waals surface area contributed by atoms with Crippen LogP contribution >= 0.6 is 17.0 Å². The third kappa shape index (κ3) is 5.75. The van der Waals surface area contributed by atoms with Crippen molar-refractivity contribution in [2.24, 2.45) is 0 Å². The second-order valence-corrected chi connectivity index (χ2v) is 1.18. The van der Waals surface area contributed by atoms with Crippen molar-refractivity contribution < 1.29 is 9.90 Å². The molecule has 0 aromatic rings. The molecule has 44 valence electrons. The van der Waals surface area contributed by atoms with E-state index in [0.29, 0.717) is 0 Å². The van der Waals surface area contributed by atoms with Crippen molar-refractivity contribution in [3.8, 4) is 0 Å². The molecule has 0 atom stereocenters. The number of halogens is 1. The van der Waals surface area contributed by atoms with Gasteiger partial charge in [-0.1, -0.05) is 0 Å². The van der Waals surface area contributed by atoms with Gasteiger partial charge >= 0.3 is 6.09 Å². The summed E-state index contributed by atoms with van der Waals surface area (Å²) in [5.41, 5.74) is 0. The Hall–Kier alpha value is -0.250. The number of hydrogen-bond donors (Lipinski definition) is 1. The van der Waals surface area contributed by atoms with Crippen molar-refractivity contribution in [2.75, 3.05) is 14.1 Å². The Labute approximate surface area is 52.7 Å². The van der Waals surface area contributed by atoms with Crippen molar-refractivity contribution in [1.82, 2.24) is 4.90 Å². The number of hydrogen-bond acceptors (Lipinski definition) is 1. The summed E-state index contributed by atoms with van der Waals surface area (Å²) < 4.78 is 0. The van der Waals surface area contributed by atoms with Gasteiger partial charge in [0.15, 0.2) is 0 Å². The van der Waals surface area contributed by atoms with Gasteiger partial charge in [-0.2, -0.15) is 0 Å². The van der Waals surface area contributed by atoms with Crippen LogP contribution < -0.4 is 0 Å². The summed E-state index contributed by atoms with van der Waals surface area (Å²) in [7, 11) is 2.95. The third-order valence-corrected chi connectivity index (χ3v) is 0.383. The average Bonchev–Trinajstić information content (AvgIpc) is 1.36. The maximum atomic E-state index is 9.62. The molecular formula is C3H8BrNO2. The number of carboxylic acid groups (broad SMARTS) is 1. The maximum absolute atomic E-state index is 9.62. The summed E-state index contributed by atoms with van der Waals surface area (Å²) in [6.45, 7) is 0. The van der Waals surface area contributed by atoms with Gasteiger partial charge in [0, 0.05) is 14.1 Å².